The molecule has 10 aromatic carbocycles. The lowest BCUT2D eigenvalue weighted by Gasteiger charge is -2.30. The second-order valence-electron chi connectivity index (χ2n) is 18.8. The molecule has 4 aromatic heterocycles. The van der Waals surface area contributed by atoms with Crippen LogP contribution in [-0.2, 0) is 0 Å². The molecule has 0 aliphatic heterocycles. The molecular weight excluding hydrogens is 877 g/mol. The lowest BCUT2D eigenvalue weighted by Crippen LogP contribution is -2.16. The zero-order valence-corrected chi connectivity index (χ0v) is 39.0. The van der Waals surface area contributed by atoms with Crippen molar-refractivity contribution >= 4 is 87.2 Å². The van der Waals surface area contributed by atoms with Crippen LogP contribution in [0.15, 0.2) is 194 Å². The first-order chi connectivity index (χ1) is 34.8. The fourth-order valence-electron chi connectivity index (χ4n) is 11.9. The van der Waals surface area contributed by atoms with Crippen LogP contribution in [0.5, 0.6) is 0 Å². The highest BCUT2D eigenvalue weighted by Crippen LogP contribution is 2.52. The van der Waals surface area contributed by atoms with Gasteiger partial charge in [-0.2, -0.15) is 5.26 Å². The molecule has 0 unspecified atom stereocenters. The Balaban J connectivity index is 1.39. The third-order valence-corrected chi connectivity index (χ3v) is 14.9. The summed E-state index contributed by atoms with van der Waals surface area (Å²) in [6.45, 7) is 6.50. The number of aryl methyl sites for hydroxylation is 2. The summed E-state index contributed by atoms with van der Waals surface area (Å²) in [7, 11) is 0. The molecular formula is C64H41F2N5. The van der Waals surface area contributed by atoms with E-state index in [1.807, 2.05) is 48.5 Å². The van der Waals surface area contributed by atoms with Crippen LogP contribution in [0.1, 0.15) is 22.3 Å². The van der Waals surface area contributed by atoms with Gasteiger partial charge in [0.15, 0.2) is 0 Å². The number of rotatable bonds is 5. The van der Waals surface area contributed by atoms with Gasteiger partial charge in [-0.1, -0.05) is 127 Å². The Kier molecular flexibility index (Phi) is 8.69. The zero-order valence-electron chi connectivity index (χ0n) is 39.0. The Morgan fingerprint density at radius 3 is 1.01 bits per heavy atom. The largest absolute Gasteiger partial charge is 0.306 e. The maximum absolute atomic E-state index is 15.7. The van der Waals surface area contributed by atoms with E-state index in [1.165, 1.54) is 12.1 Å². The fraction of sp³-hybridized carbons (Fsp3) is 0.0469. The number of benzene rings is 10. The van der Waals surface area contributed by atoms with E-state index in [0.717, 1.165) is 126 Å². The molecule has 14 rings (SSSR count). The second kappa shape index (κ2) is 15.1. The molecule has 14 aromatic rings. The summed E-state index contributed by atoms with van der Waals surface area (Å²) in [5, 5.41) is 20.1. The Bertz CT molecular complexity index is 4300. The lowest BCUT2D eigenvalue weighted by molar-refractivity contribution is 0.629. The van der Waals surface area contributed by atoms with Crippen LogP contribution in [-0.4, -0.2) is 18.3 Å². The van der Waals surface area contributed by atoms with Gasteiger partial charge in [0.2, 0.25) is 0 Å². The van der Waals surface area contributed by atoms with Gasteiger partial charge in [-0.25, -0.2) is 8.78 Å². The highest BCUT2D eigenvalue weighted by molar-refractivity contribution is 6.17. The molecule has 0 saturated heterocycles. The van der Waals surface area contributed by atoms with Gasteiger partial charge in [0.1, 0.15) is 23.3 Å². The predicted octanol–water partition coefficient (Wildman–Crippen LogP) is 16.8. The van der Waals surface area contributed by atoms with E-state index in [9.17, 15) is 5.26 Å². The topological polar surface area (TPSA) is 43.5 Å². The summed E-state index contributed by atoms with van der Waals surface area (Å²) in [5.41, 5.74) is 15.3. The van der Waals surface area contributed by atoms with Gasteiger partial charge in [0.25, 0.3) is 0 Å². The minimum Gasteiger partial charge on any atom is -0.306 e. The summed E-state index contributed by atoms with van der Waals surface area (Å²) >= 11 is 0. The third kappa shape index (κ3) is 5.64. The second-order valence-corrected chi connectivity index (χ2v) is 18.8. The average Bonchev–Trinajstić information content (AvgIpc) is 4.12. The molecule has 0 aliphatic rings. The molecule has 4 heterocycles. The molecule has 0 amide bonds. The van der Waals surface area contributed by atoms with Crippen LogP contribution in [0.3, 0.4) is 0 Å². The summed E-state index contributed by atoms with van der Waals surface area (Å²) in [5.74, 6) is -0.704. The molecule has 336 valence electrons. The Morgan fingerprint density at radius 1 is 0.352 bits per heavy atom. The van der Waals surface area contributed by atoms with Crippen molar-refractivity contribution < 1.29 is 8.78 Å². The number of aromatic nitrogens is 4. The maximum atomic E-state index is 15.7. The van der Waals surface area contributed by atoms with Crippen molar-refractivity contribution in [2.45, 2.75) is 20.8 Å². The number of fused-ring (bicyclic) bond motifs is 12. The number of halogens is 2. The Morgan fingerprint density at radius 2 is 0.662 bits per heavy atom. The molecule has 71 heavy (non-hydrogen) atoms. The molecule has 0 spiro atoms. The van der Waals surface area contributed by atoms with Crippen molar-refractivity contribution in [2.75, 3.05) is 0 Å². The van der Waals surface area contributed by atoms with Crippen LogP contribution in [0, 0.1) is 43.7 Å². The molecule has 7 heteroatoms. The quantitative estimate of drug-likeness (QED) is 0.170. The Hall–Kier alpha value is -9.25. The van der Waals surface area contributed by atoms with Crippen LogP contribution in [0.4, 0.5) is 8.78 Å². The Labute approximate surface area is 406 Å². The summed E-state index contributed by atoms with van der Waals surface area (Å²) < 4.78 is 40.5. The van der Waals surface area contributed by atoms with Gasteiger partial charge >= 0.3 is 0 Å². The highest BCUT2D eigenvalue weighted by atomic mass is 19.1. The van der Waals surface area contributed by atoms with Crippen molar-refractivity contribution in [1.82, 2.24) is 18.3 Å². The molecule has 0 bridgehead atoms. The van der Waals surface area contributed by atoms with Crippen molar-refractivity contribution in [3.05, 3.63) is 228 Å². The summed E-state index contributed by atoms with van der Waals surface area (Å²) in [6.07, 6.45) is 0. The van der Waals surface area contributed by atoms with Gasteiger partial charge < -0.3 is 18.3 Å². The van der Waals surface area contributed by atoms with Crippen molar-refractivity contribution in [1.29, 1.82) is 5.26 Å². The van der Waals surface area contributed by atoms with E-state index < -0.39 is 0 Å². The first-order valence-corrected chi connectivity index (χ1v) is 23.9. The minimum absolute atomic E-state index is 0.352. The first kappa shape index (κ1) is 40.8. The third-order valence-electron chi connectivity index (χ3n) is 14.9. The predicted molar refractivity (Wildman–Crippen MR) is 288 cm³/mol. The van der Waals surface area contributed by atoms with E-state index in [-0.39, 0.29) is 11.6 Å². The zero-order chi connectivity index (χ0) is 47.8. The number of hydrogen-bond acceptors (Lipinski definition) is 1. The molecule has 0 fully saturated rings. The van der Waals surface area contributed by atoms with Gasteiger partial charge in [0.05, 0.1) is 66.9 Å². The smallest absolute Gasteiger partial charge is 0.123 e. The van der Waals surface area contributed by atoms with Gasteiger partial charge in [0, 0.05) is 48.7 Å². The number of nitrogens with zero attached hydrogens (tertiary/aromatic N) is 5. The molecule has 0 radical (unpaired) electrons. The molecule has 0 saturated carbocycles. The summed E-state index contributed by atoms with van der Waals surface area (Å²) in [6, 6.07) is 67.5. The molecule has 0 N–H and O–H groups in total. The number of para-hydroxylation sites is 6. The maximum Gasteiger partial charge on any atom is 0.123 e. The molecule has 0 aliphatic carbocycles. The summed E-state index contributed by atoms with van der Waals surface area (Å²) in [4.78, 5) is 0. The first-order valence-electron chi connectivity index (χ1n) is 23.9. The lowest BCUT2D eigenvalue weighted by atomic mass is 9.88. The van der Waals surface area contributed by atoms with Gasteiger partial charge in [-0.05, 0) is 110 Å². The van der Waals surface area contributed by atoms with Crippen LogP contribution < -0.4 is 0 Å². The van der Waals surface area contributed by atoms with E-state index in [4.69, 9.17) is 0 Å². The van der Waals surface area contributed by atoms with Gasteiger partial charge in [-0.3, -0.25) is 0 Å². The van der Waals surface area contributed by atoms with E-state index in [2.05, 4.69) is 166 Å². The van der Waals surface area contributed by atoms with E-state index >= 15 is 8.78 Å². The molecule has 5 nitrogen and oxygen atoms in total. The number of hydrogen-bond donors (Lipinski definition) is 0. The monoisotopic (exact) mass is 917 g/mol. The van der Waals surface area contributed by atoms with E-state index in [0.29, 0.717) is 16.9 Å². The number of nitriles is 1. The van der Waals surface area contributed by atoms with Crippen molar-refractivity contribution in [3.8, 4) is 39.9 Å². The van der Waals surface area contributed by atoms with Crippen molar-refractivity contribution in [3.63, 3.8) is 0 Å². The minimum atomic E-state index is -0.352. The highest BCUT2D eigenvalue weighted by Gasteiger charge is 2.35. The van der Waals surface area contributed by atoms with Gasteiger partial charge in [-0.15, -0.1) is 0 Å². The fourth-order valence-corrected chi connectivity index (χ4v) is 11.9. The van der Waals surface area contributed by atoms with Crippen LogP contribution in [0.25, 0.3) is 121 Å². The average molecular weight is 918 g/mol. The van der Waals surface area contributed by atoms with Crippen LogP contribution in [0.2, 0.25) is 0 Å². The van der Waals surface area contributed by atoms with E-state index in [1.54, 1.807) is 12.1 Å². The van der Waals surface area contributed by atoms with Crippen LogP contribution >= 0.6 is 0 Å². The standard InChI is InChI=1S/C64H41F2N5/c1-37-32-38(2)39(3)48(33-37)60-63(70-52-22-10-4-16-42(52)43-17-5-11-23-53(43)70)61(68-56-26-14-8-20-46(56)49-34-40(65)28-30-58(49)68)51(36-67)62(69-57-27-15-9-21-47(57)50-35-41(66)29-31-59(50)69)64(60)71-54-24-12-6-18-44(54)45-19-7-13-25-55(45)71/h4-35H,1-3H3. The normalized spacial score (nSPS) is 12.0. The molecule has 0 atom stereocenters. The van der Waals surface area contributed by atoms with Crippen molar-refractivity contribution in [2.24, 2.45) is 0 Å². The SMILES string of the molecule is Cc1cc(C)c(C)c(-c2c(-n3c4ccccc4c4ccccc43)c(-n3c4ccccc4c4cc(F)ccc43)c(C#N)c(-n3c4ccccc4c4cc(F)ccc43)c2-n2c3ccccc3c3ccccc32)c1.